The van der Waals surface area contributed by atoms with Crippen LogP contribution in [0.15, 0.2) is 48.5 Å². The highest BCUT2D eigenvalue weighted by molar-refractivity contribution is 5.85. The fourth-order valence-corrected chi connectivity index (χ4v) is 4.05. The molecule has 0 N–H and O–H groups in total. The highest BCUT2D eigenvalue weighted by atomic mass is 35.5. The summed E-state index contributed by atoms with van der Waals surface area (Å²) in [4.78, 5) is 15.5. The van der Waals surface area contributed by atoms with E-state index in [2.05, 4.69) is 41.1 Å². The smallest absolute Gasteiger partial charge is 0.269 e. The van der Waals surface area contributed by atoms with Gasteiger partial charge in [0.05, 0.1) is 4.92 Å². The van der Waals surface area contributed by atoms with Crippen molar-refractivity contribution < 1.29 is 4.92 Å². The van der Waals surface area contributed by atoms with E-state index in [9.17, 15) is 10.1 Å². The van der Waals surface area contributed by atoms with Crippen LogP contribution in [0.1, 0.15) is 28.7 Å². The van der Waals surface area contributed by atoms with E-state index in [1.807, 2.05) is 12.1 Å². The molecule has 0 unspecified atom stereocenters. The van der Waals surface area contributed by atoms with Crippen LogP contribution in [0, 0.1) is 10.1 Å². The van der Waals surface area contributed by atoms with Crippen molar-refractivity contribution in [2.75, 3.05) is 33.2 Å². The lowest BCUT2D eigenvalue weighted by molar-refractivity contribution is -0.384. The van der Waals surface area contributed by atoms with Gasteiger partial charge in [-0.25, -0.2) is 0 Å². The van der Waals surface area contributed by atoms with Crippen molar-refractivity contribution in [3.63, 3.8) is 0 Å². The average Bonchev–Trinajstić information content (AvgIpc) is 2.61. The van der Waals surface area contributed by atoms with E-state index in [1.165, 1.54) is 11.1 Å². The molecular weight excluding hydrogens is 373 g/mol. The van der Waals surface area contributed by atoms with Gasteiger partial charge in [0.2, 0.25) is 0 Å². The quantitative estimate of drug-likeness (QED) is 0.571. The molecule has 4 rings (SSSR count). The first-order chi connectivity index (χ1) is 11.6. The summed E-state index contributed by atoms with van der Waals surface area (Å²) in [6.45, 7) is 4.20. The van der Waals surface area contributed by atoms with Crippen molar-refractivity contribution in [2.45, 2.75) is 12.0 Å². The Hall–Kier alpha value is -1.66. The van der Waals surface area contributed by atoms with Crippen molar-refractivity contribution in [1.82, 2.24) is 9.80 Å². The molecule has 0 radical (unpaired) electrons. The molecule has 2 aromatic carbocycles. The molecule has 7 heteroatoms. The number of nitrogens with zero attached hydrogens (tertiary/aromatic N) is 3. The van der Waals surface area contributed by atoms with Crippen LogP contribution in [0.5, 0.6) is 0 Å². The molecular formula is C19H23Cl2N3O2. The van der Waals surface area contributed by atoms with Crippen LogP contribution in [0.3, 0.4) is 0 Å². The Kier molecular flexibility index (Phi) is 6.64. The zero-order chi connectivity index (χ0) is 16.7. The Labute approximate surface area is 166 Å². The molecule has 2 heterocycles. The topological polar surface area (TPSA) is 49.6 Å². The highest BCUT2D eigenvalue weighted by Crippen LogP contribution is 2.40. The number of likely N-dealkylation sites (N-methyl/N-ethyl adjacent to an activating group) is 1. The Morgan fingerprint density at radius 1 is 0.962 bits per heavy atom. The third-order valence-corrected chi connectivity index (χ3v) is 5.35. The standard InChI is InChI=1S/C19H21N3O2.2ClH/c1-20-10-11-21-12-18(14-6-8-15(9-7-14)22(23)24)16-4-2-3-5-17(16)19(21)13-20;;/h2-9,18-19H,10-13H2,1H3;2*1H/t18-,19+;;/m0../s1. The summed E-state index contributed by atoms with van der Waals surface area (Å²) in [5.74, 6) is 0.279. The van der Waals surface area contributed by atoms with Gasteiger partial charge in [-0.05, 0) is 23.7 Å². The van der Waals surface area contributed by atoms with Crippen molar-refractivity contribution in [3.05, 3.63) is 75.3 Å². The minimum Gasteiger partial charge on any atom is -0.303 e. The van der Waals surface area contributed by atoms with Crippen LogP contribution in [0.2, 0.25) is 0 Å². The third-order valence-electron chi connectivity index (χ3n) is 5.35. The second-order valence-corrected chi connectivity index (χ2v) is 6.80. The van der Waals surface area contributed by atoms with Gasteiger partial charge in [-0.1, -0.05) is 36.4 Å². The van der Waals surface area contributed by atoms with Crippen molar-refractivity contribution in [2.24, 2.45) is 0 Å². The van der Waals surface area contributed by atoms with Gasteiger partial charge in [0.15, 0.2) is 0 Å². The lowest BCUT2D eigenvalue weighted by Gasteiger charge is -2.46. The molecule has 0 spiro atoms. The predicted octanol–water partition coefficient (Wildman–Crippen LogP) is 3.87. The van der Waals surface area contributed by atoms with Crippen LogP contribution < -0.4 is 0 Å². The number of piperazine rings is 1. The summed E-state index contributed by atoms with van der Waals surface area (Å²) in [6.07, 6.45) is 0. The van der Waals surface area contributed by atoms with Gasteiger partial charge >= 0.3 is 0 Å². The second kappa shape index (κ2) is 8.35. The van der Waals surface area contributed by atoms with Gasteiger partial charge < -0.3 is 4.90 Å². The summed E-state index contributed by atoms with van der Waals surface area (Å²) < 4.78 is 0. The van der Waals surface area contributed by atoms with Gasteiger partial charge in [-0.3, -0.25) is 15.0 Å². The number of hydrogen-bond acceptors (Lipinski definition) is 4. The van der Waals surface area contributed by atoms with E-state index >= 15 is 0 Å². The molecule has 0 aliphatic carbocycles. The Balaban J connectivity index is 0.00000121. The van der Waals surface area contributed by atoms with E-state index in [4.69, 9.17) is 0 Å². The Bertz CT molecular complexity index is 770. The summed E-state index contributed by atoms with van der Waals surface area (Å²) in [6, 6.07) is 16.2. The predicted molar refractivity (Wildman–Crippen MR) is 108 cm³/mol. The van der Waals surface area contributed by atoms with Crippen molar-refractivity contribution in [1.29, 1.82) is 0 Å². The normalized spacial score (nSPS) is 22.3. The number of nitro benzene ring substituents is 1. The maximum Gasteiger partial charge on any atom is 0.269 e. The summed E-state index contributed by atoms with van der Waals surface area (Å²) in [5.41, 5.74) is 4.08. The second-order valence-electron chi connectivity index (χ2n) is 6.80. The number of halogens is 2. The molecule has 2 aliphatic heterocycles. The monoisotopic (exact) mass is 395 g/mol. The van der Waals surface area contributed by atoms with Crippen LogP contribution in [0.25, 0.3) is 0 Å². The molecule has 2 aromatic rings. The first kappa shape index (κ1) is 20.6. The van der Waals surface area contributed by atoms with E-state index in [1.54, 1.807) is 12.1 Å². The minimum absolute atomic E-state index is 0. The SMILES string of the molecule is CN1CCN2C[C@@H](c3ccc([N+](=O)[O-])cc3)c3ccccc3[C@H]2C1.Cl.Cl. The third kappa shape index (κ3) is 3.71. The van der Waals surface area contributed by atoms with E-state index < -0.39 is 0 Å². The van der Waals surface area contributed by atoms with Crippen molar-refractivity contribution >= 4 is 30.5 Å². The Morgan fingerprint density at radius 3 is 2.27 bits per heavy atom. The first-order valence-electron chi connectivity index (χ1n) is 8.39. The maximum atomic E-state index is 10.9. The number of benzene rings is 2. The number of hydrogen-bond donors (Lipinski definition) is 0. The molecule has 5 nitrogen and oxygen atoms in total. The lowest BCUT2D eigenvalue weighted by atomic mass is 9.80. The molecule has 1 fully saturated rings. The molecule has 0 amide bonds. The number of non-ortho nitro benzene ring substituents is 1. The maximum absolute atomic E-state index is 10.9. The molecule has 140 valence electrons. The Morgan fingerprint density at radius 2 is 1.62 bits per heavy atom. The molecule has 1 saturated heterocycles. The average molecular weight is 396 g/mol. The summed E-state index contributed by atoms with van der Waals surface area (Å²) >= 11 is 0. The largest absolute Gasteiger partial charge is 0.303 e. The summed E-state index contributed by atoms with van der Waals surface area (Å²) in [5, 5.41) is 10.9. The molecule has 2 atom stereocenters. The summed E-state index contributed by atoms with van der Waals surface area (Å²) in [7, 11) is 2.18. The zero-order valence-electron chi connectivity index (χ0n) is 14.6. The number of nitro groups is 1. The van der Waals surface area contributed by atoms with E-state index in [-0.39, 0.29) is 41.3 Å². The number of fused-ring (bicyclic) bond motifs is 3. The highest BCUT2D eigenvalue weighted by Gasteiger charge is 2.36. The molecule has 26 heavy (non-hydrogen) atoms. The lowest BCUT2D eigenvalue weighted by Crippen LogP contribution is -2.50. The van der Waals surface area contributed by atoms with Crippen LogP contribution in [-0.2, 0) is 0 Å². The molecule has 0 bridgehead atoms. The minimum atomic E-state index is -0.338. The van der Waals surface area contributed by atoms with Crippen LogP contribution >= 0.6 is 24.8 Å². The van der Waals surface area contributed by atoms with Crippen LogP contribution in [0.4, 0.5) is 5.69 Å². The zero-order valence-corrected chi connectivity index (χ0v) is 16.2. The molecule has 2 aliphatic rings. The fourth-order valence-electron chi connectivity index (χ4n) is 4.05. The van der Waals surface area contributed by atoms with E-state index in [0.29, 0.717) is 6.04 Å². The van der Waals surface area contributed by atoms with Crippen molar-refractivity contribution in [3.8, 4) is 0 Å². The van der Waals surface area contributed by atoms with Gasteiger partial charge in [-0.2, -0.15) is 0 Å². The van der Waals surface area contributed by atoms with Crippen LogP contribution in [-0.4, -0.2) is 47.9 Å². The first-order valence-corrected chi connectivity index (χ1v) is 8.39. The fraction of sp³-hybridized carbons (Fsp3) is 0.368. The number of rotatable bonds is 2. The van der Waals surface area contributed by atoms with E-state index in [0.717, 1.165) is 31.7 Å². The molecule has 0 saturated carbocycles. The van der Waals surface area contributed by atoms with Gasteiger partial charge in [0, 0.05) is 50.3 Å². The van der Waals surface area contributed by atoms with Gasteiger partial charge in [-0.15, -0.1) is 24.8 Å². The van der Waals surface area contributed by atoms with Gasteiger partial charge in [0.1, 0.15) is 0 Å². The van der Waals surface area contributed by atoms with Gasteiger partial charge in [0.25, 0.3) is 5.69 Å². The molecule has 0 aromatic heterocycles.